The van der Waals surface area contributed by atoms with Crippen LogP contribution in [0.5, 0.6) is 5.75 Å². The summed E-state index contributed by atoms with van der Waals surface area (Å²) < 4.78 is 37.7. The van der Waals surface area contributed by atoms with Gasteiger partial charge in [-0.3, -0.25) is 4.79 Å². The van der Waals surface area contributed by atoms with Crippen molar-refractivity contribution >= 4 is 21.6 Å². The topological polar surface area (TPSA) is 76.8 Å². The Morgan fingerprint density at radius 1 is 1.04 bits per heavy atom. The Hall–Kier alpha value is -3.06. The third-order valence-electron chi connectivity index (χ3n) is 3.86. The molecule has 0 aliphatic carbocycles. The number of carbonyl (C=O) groups is 1. The van der Waals surface area contributed by atoms with Gasteiger partial charge in [0.25, 0.3) is 10.0 Å². The number of benzene rings is 2. The minimum Gasteiger partial charge on any atom is -0.494 e. The summed E-state index contributed by atoms with van der Waals surface area (Å²) in [5.74, 6) is -0.260. The predicted octanol–water partition coefficient (Wildman–Crippen LogP) is 4.02. The molecule has 0 spiro atoms. The molecular weight excluding hydrogens is 366 g/mol. The molecular formula is C20H19NO5S. The number of carbonyl (C=O) groups excluding carboxylic acids is 1. The van der Waals surface area contributed by atoms with Gasteiger partial charge in [-0.05, 0) is 62.4 Å². The van der Waals surface area contributed by atoms with Gasteiger partial charge in [-0.25, -0.2) is 8.42 Å². The van der Waals surface area contributed by atoms with Crippen molar-refractivity contribution in [3.05, 3.63) is 78.3 Å². The van der Waals surface area contributed by atoms with Gasteiger partial charge in [0.1, 0.15) is 5.75 Å². The van der Waals surface area contributed by atoms with E-state index in [0.717, 1.165) is 9.87 Å². The van der Waals surface area contributed by atoms with E-state index >= 15 is 0 Å². The van der Waals surface area contributed by atoms with Crippen molar-refractivity contribution in [2.45, 2.75) is 18.7 Å². The lowest BCUT2D eigenvalue weighted by Gasteiger charge is -2.22. The fourth-order valence-corrected chi connectivity index (χ4v) is 3.92. The largest absolute Gasteiger partial charge is 0.494 e. The van der Waals surface area contributed by atoms with Crippen LogP contribution in [0, 0.1) is 6.92 Å². The van der Waals surface area contributed by atoms with Crippen molar-refractivity contribution in [1.82, 2.24) is 0 Å². The van der Waals surface area contributed by atoms with E-state index in [-0.39, 0.29) is 16.3 Å². The number of ether oxygens (including phenoxy) is 1. The van der Waals surface area contributed by atoms with Gasteiger partial charge in [0.05, 0.1) is 23.5 Å². The highest BCUT2D eigenvalue weighted by atomic mass is 32.2. The number of hydrogen-bond acceptors (Lipinski definition) is 5. The van der Waals surface area contributed by atoms with Gasteiger partial charge >= 0.3 is 5.91 Å². The molecule has 0 unspecified atom stereocenters. The number of amides is 1. The van der Waals surface area contributed by atoms with E-state index in [4.69, 9.17) is 9.15 Å². The van der Waals surface area contributed by atoms with Crippen LogP contribution in [-0.4, -0.2) is 20.9 Å². The van der Waals surface area contributed by atoms with Crippen LogP contribution in [0.3, 0.4) is 0 Å². The number of furan rings is 1. The Balaban J connectivity index is 2.09. The minimum absolute atomic E-state index is 0.0156. The number of hydrogen-bond donors (Lipinski definition) is 0. The summed E-state index contributed by atoms with van der Waals surface area (Å²) >= 11 is 0. The molecule has 6 nitrogen and oxygen atoms in total. The van der Waals surface area contributed by atoms with E-state index in [1.807, 2.05) is 13.8 Å². The van der Waals surface area contributed by atoms with Crippen LogP contribution in [0.4, 0.5) is 5.69 Å². The molecule has 0 radical (unpaired) electrons. The van der Waals surface area contributed by atoms with Crippen molar-refractivity contribution in [1.29, 1.82) is 0 Å². The van der Waals surface area contributed by atoms with E-state index in [1.54, 1.807) is 24.3 Å². The number of sulfonamides is 1. The van der Waals surface area contributed by atoms with Crippen LogP contribution in [-0.2, 0) is 10.0 Å². The SMILES string of the molecule is CCOc1ccc(N(C(=O)c2ccco2)S(=O)(=O)c2ccc(C)cc2)cc1. The quantitative estimate of drug-likeness (QED) is 0.640. The molecule has 0 N–H and O–H groups in total. The summed E-state index contributed by atoms with van der Waals surface area (Å²) in [5, 5.41) is 0. The van der Waals surface area contributed by atoms with Crippen molar-refractivity contribution in [3.8, 4) is 5.75 Å². The van der Waals surface area contributed by atoms with Crippen molar-refractivity contribution in [2.75, 3.05) is 10.9 Å². The van der Waals surface area contributed by atoms with Gasteiger partial charge in [-0.1, -0.05) is 17.7 Å². The molecule has 0 atom stereocenters. The van der Waals surface area contributed by atoms with Crippen molar-refractivity contribution in [3.63, 3.8) is 0 Å². The first-order chi connectivity index (χ1) is 12.9. The summed E-state index contributed by atoms with van der Waals surface area (Å²) in [6.45, 7) is 4.19. The average molecular weight is 385 g/mol. The summed E-state index contributed by atoms with van der Waals surface area (Å²) in [7, 11) is -4.14. The number of nitrogens with zero attached hydrogens (tertiary/aromatic N) is 1. The van der Waals surface area contributed by atoms with E-state index in [9.17, 15) is 13.2 Å². The highest BCUT2D eigenvalue weighted by molar-refractivity contribution is 7.93. The van der Waals surface area contributed by atoms with Crippen molar-refractivity contribution in [2.24, 2.45) is 0 Å². The van der Waals surface area contributed by atoms with E-state index in [2.05, 4.69) is 0 Å². The van der Waals surface area contributed by atoms with Crippen LogP contribution >= 0.6 is 0 Å². The van der Waals surface area contributed by atoms with E-state index in [0.29, 0.717) is 12.4 Å². The van der Waals surface area contributed by atoms with Crippen LogP contribution in [0.15, 0.2) is 76.2 Å². The molecule has 1 amide bonds. The summed E-state index contributed by atoms with van der Waals surface area (Å²) in [5.41, 5.74) is 1.11. The molecule has 1 heterocycles. The maximum atomic E-state index is 13.2. The fraction of sp³-hybridized carbons (Fsp3) is 0.150. The molecule has 0 bridgehead atoms. The first-order valence-corrected chi connectivity index (χ1v) is 9.80. The molecule has 0 aliphatic heterocycles. The summed E-state index contributed by atoms with van der Waals surface area (Å²) in [6.07, 6.45) is 1.32. The molecule has 0 saturated heterocycles. The molecule has 3 rings (SSSR count). The average Bonchev–Trinajstić information content (AvgIpc) is 3.18. The van der Waals surface area contributed by atoms with E-state index < -0.39 is 15.9 Å². The maximum absolute atomic E-state index is 13.2. The zero-order valence-corrected chi connectivity index (χ0v) is 15.8. The number of aryl methyl sites for hydroxylation is 1. The molecule has 0 saturated carbocycles. The summed E-state index contributed by atoms with van der Waals surface area (Å²) in [4.78, 5) is 12.9. The zero-order valence-electron chi connectivity index (χ0n) is 15.0. The molecule has 2 aromatic carbocycles. The summed E-state index contributed by atoms with van der Waals surface area (Å²) in [6, 6.07) is 15.5. The van der Waals surface area contributed by atoms with Gasteiger partial charge in [0.15, 0.2) is 5.76 Å². The molecule has 7 heteroatoms. The lowest BCUT2D eigenvalue weighted by molar-refractivity contribution is 0.0979. The second-order valence-corrected chi connectivity index (χ2v) is 7.58. The third kappa shape index (κ3) is 3.88. The van der Waals surface area contributed by atoms with Gasteiger partial charge < -0.3 is 9.15 Å². The van der Waals surface area contributed by atoms with Crippen LogP contribution in [0.1, 0.15) is 23.0 Å². The lowest BCUT2D eigenvalue weighted by Crippen LogP contribution is -2.36. The third-order valence-corrected chi connectivity index (χ3v) is 5.58. The van der Waals surface area contributed by atoms with Crippen LogP contribution in [0.2, 0.25) is 0 Å². The second kappa shape index (κ2) is 7.67. The number of anilines is 1. The van der Waals surface area contributed by atoms with Gasteiger partial charge in [0, 0.05) is 0 Å². The van der Waals surface area contributed by atoms with Crippen LogP contribution < -0.4 is 9.04 Å². The first-order valence-electron chi connectivity index (χ1n) is 8.36. The molecule has 1 aromatic heterocycles. The monoisotopic (exact) mass is 385 g/mol. The van der Waals surface area contributed by atoms with E-state index in [1.165, 1.54) is 42.7 Å². The number of rotatable bonds is 6. The highest BCUT2D eigenvalue weighted by Gasteiger charge is 2.33. The molecule has 140 valence electrons. The molecule has 3 aromatic rings. The normalized spacial score (nSPS) is 11.2. The second-order valence-electron chi connectivity index (χ2n) is 5.79. The predicted molar refractivity (Wildman–Crippen MR) is 101 cm³/mol. The van der Waals surface area contributed by atoms with Gasteiger partial charge in [-0.2, -0.15) is 4.31 Å². The Morgan fingerprint density at radius 3 is 2.26 bits per heavy atom. The maximum Gasteiger partial charge on any atom is 0.307 e. The zero-order chi connectivity index (χ0) is 19.4. The van der Waals surface area contributed by atoms with Crippen molar-refractivity contribution < 1.29 is 22.4 Å². The lowest BCUT2D eigenvalue weighted by atomic mass is 10.2. The Morgan fingerprint density at radius 2 is 1.70 bits per heavy atom. The molecule has 0 aliphatic rings. The Bertz CT molecular complexity index is 1010. The minimum atomic E-state index is -4.14. The Labute approximate surface area is 158 Å². The van der Waals surface area contributed by atoms with Gasteiger partial charge in [0.2, 0.25) is 0 Å². The Kier molecular flexibility index (Phi) is 5.32. The standard InChI is InChI=1S/C20H19NO5S/c1-3-25-17-10-8-16(9-11-17)21(20(22)19-5-4-14-26-19)27(23,24)18-12-6-15(2)7-13-18/h4-14H,3H2,1-2H3. The first kappa shape index (κ1) is 18.7. The molecule has 27 heavy (non-hydrogen) atoms. The highest BCUT2D eigenvalue weighted by Crippen LogP contribution is 2.28. The smallest absolute Gasteiger partial charge is 0.307 e. The van der Waals surface area contributed by atoms with Gasteiger partial charge in [-0.15, -0.1) is 0 Å². The fourth-order valence-electron chi connectivity index (χ4n) is 2.53. The van der Waals surface area contributed by atoms with Crippen LogP contribution in [0.25, 0.3) is 0 Å². The molecule has 0 fully saturated rings.